The number of aromatic hydroxyl groups is 1. The second kappa shape index (κ2) is 6.81. The van der Waals surface area contributed by atoms with Crippen molar-refractivity contribution < 1.29 is 14.6 Å². The molecule has 2 heterocycles. The maximum absolute atomic E-state index is 12.1. The van der Waals surface area contributed by atoms with Gasteiger partial charge < -0.3 is 15.2 Å². The summed E-state index contributed by atoms with van der Waals surface area (Å²) in [5.41, 5.74) is 1.66. The lowest BCUT2D eigenvalue weighted by Crippen LogP contribution is -2.19. The Morgan fingerprint density at radius 1 is 1.23 bits per heavy atom. The summed E-state index contributed by atoms with van der Waals surface area (Å²) in [5, 5.41) is 13.1. The number of aliphatic imine (C=N–C) groups is 1. The van der Waals surface area contributed by atoms with E-state index < -0.39 is 0 Å². The van der Waals surface area contributed by atoms with Crippen molar-refractivity contribution in [2.75, 3.05) is 7.11 Å². The number of thiazole rings is 1. The molecule has 3 aromatic rings. The van der Waals surface area contributed by atoms with Gasteiger partial charge >= 0.3 is 0 Å². The molecule has 0 radical (unpaired) electrons. The third-order valence-electron chi connectivity index (χ3n) is 3.62. The van der Waals surface area contributed by atoms with Crippen LogP contribution in [-0.2, 0) is 4.79 Å². The number of methoxy groups -OCH3 is 1. The van der Waals surface area contributed by atoms with Crippen LogP contribution in [0.3, 0.4) is 0 Å². The lowest BCUT2D eigenvalue weighted by atomic mass is 10.2. The van der Waals surface area contributed by atoms with Crippen LogP contribution in [0.5, 0.6) is 11.5 Å². The minimum atomic E-state index is -0.204. The van der Waals surface area contributed by atoms with Gasteiger partial charge in [-0.15, -0.1) is 0 Å². The molecule has 0 aliphatic carbocycles. The zero-order chi connectivity index (χ0) is 18.1. The first kappa shape index (κ1) is 16.6. The summed E-state index contributed by atoms with van der Waals surface area (Å²) >= 11 is 2.69. The number of phenols is 1. The molecular weight excluding hydrogens is 370 g/mol. The van der Waals surface area contributed by atoms with Gasteiger partial charge in [-0.1, -0.05) is 23.5 Å². The van der Waals surface area contributed by atoms with Crippen LogP contribution in [-0.4, -0.2) is 28.3 Å². The van der Waals surface area contributed by atoms with E-state index in [1.807, 2.05) is 18.2 Å². The van der Waals surface area contributed by atoms with Crippen LogP contribution in [0.2, 0.25) is 0 Å². The third-order valence-corrected chi connectivity index (χ3v) is 5.45. The van der Waals surface area contributed by atoms with E-state index in [1.54, 1.807) is 37.5 Å². The molecule has 0 bridgehead atoms. The number of phenolic OH excluding ortho intramolecular Hbond substituents is 1. The van der Waals surface area contributed by atoms with E-state index in [0.29, 0.717) is 15.2 Å². The number of benzene rings is 2. The van der Waals surface area contributed by atoms with Crippen molar-refractivity contribution in [3.63, 3.8) is 0 Å². The van der Waals surface area contributed by atoms with Crippen LogP contribution >= 0.6 is 23.1 Å². The first-order chi connectivity index (χ1) is 12.6. The zero-order valence-corrected chi connectivity index (χ0v) is 15.2. The lowest BCUT2D eigenvalue weighted by Gasteiger charge is -1.96. The number of nitrogens with one attached hydrogen (secondary N) is 1. The van der Waals surface area contributed by atoms with Gasteiger partial charge in [0.2, 0.25) is 5.13 Å². The van der Waals surface area contributed by atoms with Crippen molar-refractivity contribution in [2.24, 2.45) is 4.99 Å². The second-order valence-corrected chi connectivity index (χ2v) is 7.44. The molecule has 8 heteroatoms. The summed E-state index contributed by atoms with van der Waals surface area (Å²) < 4.78 is 6.19. The minimum Gasteiger partial charge on any atom is -0.508 e. The fourth-order valence-electron chi connectivity index (χ4n) is 2.36. The smallest absolute Gasteiger partial charge is 0.264 e. The molecule has 0 atom stereocenters. The quantitative estimate of drug-likeness (QED) is 0.670. The molecule has 26 heavy (non-hydrogen) atoms. The Morgan fingerprint density at radius 2 is 2.04 bits per heavy atom. The Morgan fingerprint density at radius 3 is 2.81 bits per heavy atom. The monoisotopic (exact) mass is 383 g/mol. The third kappa shape index (κ3) is 3.42. The van der Waals surface area contributed by atoms with E-state index in [2.05, 4.69) is 15.3 Å². The number of hydrogen-bond acceptors (Lipinski definition) is 7. The van der Waals surface area contributed by atoms with Crippen molar-refractivity contribution in [1.29, 1.82) is 0 Å². The summed E-state index contributed by atoms with van der Waals surface area (Å²) in [6, 6.07) is 12.3. The Balaban J connectivity index is 1.59. The number of rotatable bonds is 3. The Bertz CT molecular complexity index is 1060. The molecule has 130 valence electrons. The van der Waals surface area contributed by atoms with E-state index in [0.717, 1.165) is 21.5 Å². The number of amidine groups is 1. The summed E-state index contributed by atoms with van der Waals surface area (Å²) in [4.78, 5) is 21.6. The highest BCUT2D eigenvalue weighted by molar-refractivity contribution is 8.18. The maximum Gasteiger partial charge on any atom is 0.264 e. The molecule has 1 amide bonds. The molecule has 0 spiro atoms. The van der Waals surface area contributed by atoms with Crippen molar-refractivity contribution >= 4 is 55.6 Å². The van der Waals surface area contributed by atoms with Crippen molar-refractivity contribution in [1.82, 2.24) is 10.3 Å². The number of ether oxygens (including phenoxy) is 1. The summed E-state index contributed by atoms with van der Waals surface area (Å²) in [6.45, 7) is 0. The Kier molecular flexibility index (Phi) is 4.36. The highest BCUT2D eigenvalue weighted by atomic mass is 32.2. The number of carbonyl (C=O) groups excluding carboxylic acids is 1. The van der Waals surface area contributed by atoms with Gasteiger partial charge in [0.1, 0.15) is 11.5 Å². The number of fused-ring (bicyclic) bond motifs is 1. The zero-order valence-electron chi connectivity index (χ0n) is 13.6. The molecule has 1 saturated heterocycles. The number of aromatic nitrogens is 1. The van der Waals surface area contributed by atoms with Gasteiger partial charge in [0, 0.05) is 0 Å². The Hall–Kier alpha value is -2.84. The van der Waals surface area contributed by atoms with Crippen LogP contribution in [0.4, 0.5) is 5.13 Å². The highest BCUT2D eigenvalue weighted by Gasteiger charge is 2.24. The van der Waals surface area contributed by atoms with Crippen LogP contribution in [0, 0.1) is 0 Å². The van der Waals surface area contributed by atoms with Crippen LogP contribution in [0.1, 0.15) is 5.56 Å². The topological polar surface area (TPSA) is 83.8 Å². The predicted molar refractivity (Wildman–Crippen MR) is 105 cm³/mol. The van der Waals surface area contributed by atoms with Gasteiger partial charge in [-0.05, 0) is 53.7 Å². The maximum atomic E-state index is 12.1. The molecule has 1 aliphatic rings. The van der Waals surface area contributed by atoms with E-state index in [-0.39, 0.29) is 11.7 Å². The van der Waals surface area contributed by atoms with Gasteiger partial charge in [0.05, 0.1) is 22.2 Å². The van der Waals surface area contributed by atoms with Gasteiger partial charge in [-0.3, -0.25) is 4.79 Å². The Labute approximate surface area is 157 Å². The van der Waals surface area contributed by atoms with Gasteiger partial charge in [-0.2, -0.15) is 4.99 Å². The fraction of sp³-hybridized carbons (Fsp3) is 0.0556. The van der Waals surface area contributed by atoms with Gasteiger partial charge in [0.15, 0.2) is 5.17 Å². The van der Waals surface area contributed by atoms with Gasteiger partial charge in [-0.25, -0.2) is 4.98 Å². The van der Waals surface area contributed by atoms with E-state index >= 15 is 0 Å². The largest absolute Gasteiger partial charge is 0.508 e. The molecule has 1 fully saturated rings. The molecule has 4 rings (SSSR count). The van der Waals surface area contributed by atoms with E-state index in [1.165, 1.54) is 23.1 Å². The van der Waals surface area contributed by atoms with Crippen molar-refractivity contribution in [3.05, 3.63) is 52.9 Å². The summed E-state index contributed by atoms with van der Waals surface area (Å²) in [7, 11) is 1.62. The first-order valence-electron chi connectivity index (χ1n) is 7.64. The van der Waals surface area contributed by atoms with E-state index in [4.69, 9.17) is 4.74 Å². The number of amides is 1. The SMILES string of the molecule is COc1ccc2nc(N=C3NC(=O)/C(=C/c4ccc(O)cc4)S3)sc2c1. The molecule has 6 nitrogen and oxygen atoms in total. The number of thioether (sulfide) groups is 1. The second-order valence-electron chi connectivity index (χ2n) is 5.40. The molecule has 0 unspecified atom stereocenters. The van der Waals surface area contributed by atoms with Crippen LogP contribution in [0.15, 0.2) is 52.4 Å². The van der Waals surface area contributed by atoms with Crippen molar-refractivity contribution in [2.45, 2.75) is 0 Å². The lowest BCUT2D eigenvalue weighted by molar-refractivity contribution is -0.115. The highest BCUT2D eigenvalue weighted by Crippen LogP contribution is 2.33. The molecule has 2 N–H and O–H groups in total. The first-order valence-corrected chi connectivity index (χ1v) is 9.27. The average molecular weight is 383 g/mol. The molecular formula is C18H13N3O3S2. The normalized spacial score (nSPS) is 17.2. The molecule has 0 saturated carbocycles. The number of carbonyl (C=O) groups is 1. The van der Waals surface area contributed by atoms with Crippen LogP contribution in [0.25, 0.3) is 16.3 Å². The summed E-state index contributed by atoms with van der Waals surface area (Å²) in [6.07, 6.45) is 1.76. The van der Waals surface area contributed by atoms with E-state index in [9.17, 15) is 9.90 Å². The summed E-state index contributed by atoms with van der Waals surface area (Å²) in [5.74, 6) is 0.748. The fourth-order valence-corrected chi connectivity index (χ4v) is 4.11. The van der Waals surface area contributed by atoms with Crippen LogP contribution < -0.4 is 10.1 Å². The number of hydrogen-bond donors (Lipinski definition) is 2. The minimum absolute atomic E-state index is 0.186. The number of nitrogens with zero attached hydrogens (tertiary/aromatic N) is 2. The molecule has 1 aromatic heterocycles. The average Bonchev–Trinajstić information content (AvgIpc) is 3.19. The molecule has 2 aromatic carbocycles. The van der Waals surface area contributed by atoms with Gasteiger partial charge in [0.25, 0.3) is 5.91 Å². The molecule has 1 aliphatic heterocycles. The predicted octanol–water partition coefficient (Wildman–Crippen LogP) is 3.90. The van der Waals surface area contributed by atoms with Crippen molar-refractivity contribution in [3.8, 4) is 11.5 Å². The standard InChI is InChI=1S/C18H13N3O3S2/c1-24-12-6-7-13-14(9-12)25-17(19-13)21-18-20-16(23)15(26-18)8-10-2-4-11(22)5-3-10/h2-9,22H,1H3,(H,19,20,21,23)/b15-8-.